The van der Waals surface area contributed by atoms with Crippen molar-refractivity contribution < 1.29 is 63.1 Å². The molecule has 1 saturated carbocycles. The number of aliphatic hydroxyl groups is 5. The number of aliphatic hydroxyl groups excluding tert-OH is 5. The van der Waals surface area contributed by atoms with E-state index < -0.39 is 75.7 Å². The van der Waals surface area contributed by atoms with Crippen molar-refractivity contribution in [2.24, 2.45) is 0 Å². The third-order valence-electron chi connectivity index (χ3n) is 10.7. The minimum Gasteiger partial charge on any atom is -0.462 e. The first-order chi connectivity index (χ1) is 26.9. The number of hydrogen-bond acceptors (Lipinski definition) is 12. The van der Waals surface area contributed by atoms with Crippen molar-refractivity contribution in [1.29, 1.82) is 0 Å². The number of carbonyl (C=O) groups is 2. The zero-order chi connectivity index (χ0) is 41.4. The van der Waals surface area contributed by atoms with Gasteiger partial charge in [-0.15, -0.1) is 0 Å². The highest BCUT2D eigenvalue weighted by Gasteiger charge is 2.51. The predicted molar refractivity (Wildman–Crippen MR) is 217 cm³/mol. The van der Waals surface area contributed by atoms with Crippen LogP contribution in [0, 0.1) is 0 Å². The van der Waals surface area contributed by atoms with Crippen LogP contribution in [0.25, 0.3) is 0 Å². The van der Waals surface area contributed by atoms with Crippen molar-refractivity contribution in [1.82, 2.24) is 0 Å². The van der Waals surface area contributed by atoms with E-state index in [1.165, 1.54) is 116 Å². The van der Waals surface area contributed by atoms with Gasteiger partial charge in [0.2, 0.25) is 0 Å². The highest BCUT2D eigenvalue weighted by atomic mass is 31.2. The Labute approximate surface area is 338 Å². The Morgan fingerprint density at radius 3 is 1.18 bits per heavy atom. The summed E-state index contributed by atoms with van der Waals surface area (Å²) in [5, 5.41) is 50.0. The fraction of sp³-hybridized carbons (Fsp3) is 0.952. The van der Waals surface area contributed by atoms with E-state index in [1.807, 2.05) is 0 Å². The Morgan fingerprint density at radius 2 is 0.804 bits per heavy atom. The normalized spacial score (nSPS) is 22.8. The molecule has 0 aliphatic heterocycles. The molecule has 13 nitrogen and oxygen atoms in total. The van der Waals surface area contributed by atoms with E-state index in [1.54, 1.807) is 0 Å². The van der Waals surface area contributed by atoms with Crippen LogP contribution in [-0.4, -0.2) is 98.3 Å². The number of esters is 2. The fourth-order valence-corrected chi connectivity index (χ4v) is 8.03. The number of rotatable bonds is 37. The highest BCUT2D eigenvalue weighted by molar-refractivity contribution is 7.47. The summed E-state index contributed by atoms with van der Waals surface area (Å²) in [6.45, 7) is 3.28. The van der Waals surface area contributed by atoms with Crippen LogP contribution in [0.1, 0.15) is 200 Å². The van der Waals surface area contributed by atoms with Gasteiger partial charge in [-0.25, -0.2) is 4.57 Å². The number of unbranched alkanes of at least 4 members (excludes halogenated alkanes) is 25. The molecule has 0 radical (unpaired) electrons. The van der Waals surface area contributed by atoms with Gasteiger partial charge >= 0.3 is 19.8 Å². The van der Waals surface area contributed by atoms with Crippen LogP contribution in [0.2, 0.25) is 0 Å². The predicted octanol–water partition coefficient (Wildman–Crippen LogP) is 8.11. The largest absolute Gasteiger partial charge is 0.472 e. The summed E-state index contributed by atoms with van der Waals surface area (Å²) < 4.78 is 33.4. The number of phosphoric ester groups is 1. The first-order valence-corrected chi connectivity index (χ1v) is 23.8. The summed E-state index contributed by atoms with van der Waals surface area (Å²) in [6.07, 6.45) is 19.0. The van der Waals surface area contributed by atoms with E-state index in [0.717, 1.165) is 44.9 Å². The van der Waals surface area contributed by atoms with Gasteiger partial charge in [0, 0.05) is 12.8 Å². The standard InChI is InChI=1S/C42H81O13P/c1-3-5-7-9-11-13-14-15-16-17-18-19-20-21-23-24-26-28-30-35(43)52-32-34(54-36(44)31-29-27-25-22-12-10-8-6-4-2)33-53-56(50,51)55-42-40(48)38(46)37(45)39(47)41(42)49/h34,37-42,45-49H,3-33H2,1-2H3,(H,50,51)/t34-,37?,38-,39?,40?,41?,42?/m0/s1. The van der Waals surface area contributed by atoms with E-state index in [9.17, 15) is 44.6 Å². The van der Waals surface area contributed by atoms with Crippen LogP contribution >= 0.6 is 7.82 Å². The summed E-state index contributed by atoms with van der Waals surface area (Å²) in [7, 11) is -5.10. The van der Waals surface area contributed by atoms with E-state index in [0.29, 0.717) is 12.8 Å². The molecule has 0 aromatic carbocycles. The van der Waals surface area contributed by atoms with Gasteiger partial charge in [0.15, 0.2) is 6.10 Å². The van der Waals surface area contributed by atoms with E-state index >= 15 is 0 Å². The van der Waals surface area contributed by atoms with Crippen LogP contribution in [0.5, 0.6) is 0 Å². The van der Waals surface area contributed by atoms with E-state index in [-0.39, 0.29) is 12.8 Å². The molecule has 0 spiro atoms. The molecule has 8 atom stereocenters. The van der Waals surface area contributed by atoms with Crippen LogP contribution in [0.3, 0.4) is 0 Å². The van der Waals surface area contributed by atoms with Gasteiger partial charge in [-0.05, 0) is 12.8 Å². The number of phosphoric acid groups is 1. The van der Waals surface area contributed by atoms with Crippen molar-refractivity contribution >= 4 is 19.8 Å². The third kappa shape index (κ3) is 26.1. The second-order valence-corrected chi connectivity index (χ2v) is 17.3. The molecule has 0 aromatic heterocycles. The Kier molecular flexibility index (Phi) is 31.8. The summed E-state index contributed by atoms with van der Waals surface area (Å²) in [5.74, 6) is -1.09. The molecule has 1 rings (SSSR count). The maximum atomic E-state index is 12.8. The minimum absolute atomic E-state index is 0.103. The van der Waals surface area contributed by atoms with Gasteiger partial charge in [-0.2, -0.15) is 0 Å². The maximum absolute atomic E-state index is 12.8. The molecular weight excluding hydrogens is 743 g/mol. The molecule has 1 aliphatic rings. The Hall–Kier alpha value is -1.15. The lowest BCUT2D eigenvalue weighted by Gasteiger charge is -2.41. The van der Waals surface area contributed by atoms with Crippen LogP contribution < -0.4 is 0 Å². The second kappa shape index (κ2) is 33.7. The third-order valence-corrected chi connectivity index (χ3v) is 11.7. The van der Waals surface area contributed by atoms with Gasteiger partial charge in [-0.1, -0.05) is 174 Å². The summed E-state index contributed by atoms with van der Waals surface area (Å²) in [6, 6.07) is 0. The molecular formula is C42H81O13P. The number of hydrogen-bond donors (Lipinski definition) is 6. The molecule has 0 bridgehead atoms. The fourth-order valence-electron chi connectivity index (χ4n) is 7.05. The van der Waals surface area contributed by atoms with Gasteiger partial charge in [0.1, 0.15) is 43.2 Å². The Balaban J connectivity index is 2.40. The lowest BCUT2D eigenvalue weighted by atomic mass is 9.85. The van der Waals surface area contributed by atoms with Crippen molar-refractivity contribution in [3.05, 3.63) is 0 Å². The first-order valence-electron chi connectivity index (χ1n) is 22.3. The monoisotopic (exact) mass is 825 g/mol. The van der Waals surface area contributed by atoms with Crippen LogP contribution in [-0.2, 0) is 32.7 Å². The molecule has 0 aromatic rings. The molecule has 0 heterocycles. The molecule has 0 saturated heterocycles. The zero-order valence-electron chi connectivity index (χ0n) is 34.9. The topological polar surface area (TPSA) is 210 Å². The van der Waals surface area contributed by atoms with Gasteiger partial charge in [-0.3, -0.25) is 18.6 Å². The van der Waals surface area contributed by atoms with Crippen LogP contribution in [0.15, 0.2) is 0 Å². The van der Waals surface area contributed by atoms with E-state index in [4.69, 9.17) is 18.5 Å². The smallest absolute Gasteiger partial charge is 0.462 e. The molecule has 1 aliphatic carbocycles. The van der Waals surface area contributed by atoms with Crippen molar-refractivity contribution in [3.63, 3.8) is 0 Å². The van der Waals surface area contributed by atoms with E-state index in [2.05, 4.69) is 13.8 Å². The van der Waals surface area contributed by atoms with Gasteiger partial charge < -0.3 is 39.9 Å². The minimum atomic E-state index is -5.10. The Bertz CT molecular complexity index is 1000. The highest BCUT2D eigenvalue weighted by Crippen LogP contribution is 2.47. The van der Waals surface area contributed by atoms with Crippen LogP contribution in [0.4, 0.5) is 0 Å². The first kappa shape index (κ1) is 52.9. The summed E-state index contributed by atoms with van der Waals surface area (Å²) in [4.78, 5) is 35.5. The molecule has 6 N–H and O–H groups in total. The molecule has 0 amide bonds. The quantitative estimate of drug-likeness (QED) is 0.0199. The summed E-state index contributed by atoms with van der Waals surface area (Å²) in [5.41, 5.74) is 0. The SMILES string of the molecule is CCCCCCCCCCCCCCCCCCCCC(=O)OC[C@@H](COP(=O)(O)OC1C(O)C(O)C(O)[C@H](O)C1O)OC(=O)CCCCCCCCCCC. The molecule has 6 unspecified atom stereocenters. The average Bonchev–Trinajstić information content (AvgIpc) is 3.18. The van der Waals surface area contributed by atoms with Crippen molar-refractivity contribution in [3.8, 4) is 0 Å². The number of ether oxygens (including phenoxy) is 2. The maximum Gasteiger partial charge on any atom is 0.472 e. The molecule has 1 fully saturated rings. The second-order valence-electron chi connectivity index (χ2n) is 15.9. The molecule has 14 heteroatoms. The lowest BCUT2D eigenvalue weighted by molar-refractivity contribution is -0.220. The molecule has 332 valence electrons. The zero-order valence-corrected chi connectivity index (χ0v) is 35.8. The summed E-state index contributed by atoms with van der Waals surface area (Å²) >= 11 is 0. The van der Waals surface area contributed by atoms with Crippen molar-refractivity contribution in [2.45, 2.75) is 243 Å². The number of carbonyl (C=O) groups excluding carboxylic acids is 2. The van der Waals surface area contributed by atoms with Gasteiger partial charge in [0.25, 0.3) is 0 Å². The molecule has 56 heavy (non-hydrogen) atoms. The lowest BCUT2D eigenvalue weighted by Crippen LogP contribution is -2.64. The average molecular weight is 825 g/mol. The Morgan fingerprint density at radius 1 is 0.482 bits per heavy atom. The van der Waals surface area contributed by atoms with Gasteiger partial charge in [0.05, 0.1) is 6.61 Å². The van der Waals surface area contributed by atoms with Crippen molar-refractivity contribution in [2.75, 3.05) is 13.2 Å².